The van der Waals surface area contributed by atoms with Gasteiger partial charge in [0.05, 0.1) is 11.3 Å². The lowest BCUT2D eigenvalue weighted by Crippen LogP contribution is -2.23. The van der Waals surface area contributed by atoms with Crippen LogP contribution in [0.4, 0.5) is 0 Å². The molecule has 1 fully saturated rings. The molecule has 30 heavy (non-hydrogen) atoms. The number of fused-ring (bicyclic) bond motifs is 1. The number of rotatable bonds is 5. The zero-order valence-corrected chi connectivity index (χ0v) is 16.6. The predicted octanol–water partition coefficient (Wildman–Crippen LogP) is 3.83. The number of hydrogen-bond donors (Lipinski definition) is 1. The van der Waals surface area contributed by atoms with Gasteiger partial charge in [0, 0.05) is 43.5 Å². The molecular weight excluding hydrogens is 378 g/mol. The van der Waals surface area contributed by atoms with Gasteiger partial charge in [-0.15, -0.1) is 0 Å². The highest BCUT2D eigenvalue weighted by molar-refractivity contribution is 5.99. The van der Waals surface area contributed by atoms with E-state index in [4.69, 9.17) is 4.74 Å². The van der Waals surface area contributed by atoms with E-state index in [-0.39, 0.29) is 12.1 Å². The van der Waals surface area contributed by atoms with Gasteiger partial charge in [0.25, 0.3) is 5.91 Å². The first-order valence-corrected chi connectivity index (χ1v) is 10.2. The van der Waals surface area contributed by atoms with E-state index in [1.54, 1.807) is 12.3 Å². The normalized spacial score (nSPS) is 16.6. The maximum atomic E-state index is 12.7. The lowest BCUT2D eigenvalue weighted by Gasteiger charge is -2.24. The molecule has 1 N–H and O–H groups in total. The minimum atomic E-state index is -0.141. The quantitative estimate of drug-likeness (QED) is 0.552. The molecule has 3 aromatic heterocycles. The van der Waals surface area contributed by atoms with Crippen molar-refractivity contribution in [2.75, 3.05) is 6.61 Å². The summed E-state index contributed by atoms with van der Waals surface area (Å²) in [7, 11) is 0. The number of pyridine rings is 1. The van der Waals surface area contributed by atoms with E-state index in [2.05, 4.69) is 27.5 Å². The molecule has 1 amide bonds. The predicted molar refractivity (Wildman–Crippen MR) is 113 cm³/mol. The Morgan fingerprint density at radius 1 is 1.13 bits per heavy atom. The summed E-state index contributed by atoms with van der Waals surface area (Å²) < 4.78 is 9.71. The van der Waals surface area contributed by atoms with Crippen LogP contribution in [0.3, 0.4) is 0 Å². The lowest BCUT2D eigenvalue weighted by molar-refractivity contribution is -0.0383. The van der Waals surface area contributed by atoms with Gasteiger partial charge in [-0.3, -0.25) is 4.79 Å². The first-order chi connectivity index (χ1) is 14.8. The molecule has 4 aromatic rings. The van der Waals surface area contributed by atoms with Gasteiger partial charge in [-0.2, -0.15) is 5.10 Å². The maximum absolute atomic E-state index is 12.7. The molecule has 5 rings (SSSR count). The number of aromatic nitrogens is 4. The fraction of sp³-hybridized carbons (Fsp3) is 0.261. The van der Waals surface area contributed by atoms with Crippen molar-refractivity contribution in [1.82, 2.24) is 24.5 Å². The third kappa shape index (κ3) is 3.59. The van der Waals surface area contributed by atoms with Gasteiger partial charge in [0.2, 0.25) is 0 Å². The van der Waals surface area contributed by atoms with E-state index in [0.29, 0.717) is 17.8 Å². The summed E-state index contributed by atoms with van der Waals surface area (Å²) >= 11 is 0. The van der Waals surface area contributed by atoms with Crippen molar-refractivity contribution in [3.8, 4) is 11.3 Å². The van der Waals surface area contributed by atoms with Crippen molar-refractivity contribution < 1.29 is 9.53 Å². The summed E-state index contributed by atoms with van der Waals surface area (Å²) in [5, 5.41) is 7.50. The van der Waals surface area contributed by atoms with E-state index in [1.165, 1.54) is 0 Å². The second kappa shape index (κ2) is 8.12. The van der Waals surface area contributed by atoms with Gasteiger partial charge in [0.15, 0.2) is 6.23 Å². The zero-order chi connectivity index (χ0) is 20.3. The molecule has 1 aromatic carbocycles. The number of carbonyl (C=O) groups excluding carboxylic acids is 1. The van der Waals surface area contributed by atoms with Gasteiger partial charge in [-0.05, 0) is 49.1 Å². The molecule has 152 valence electrons. The van der Waals surface area contributed by atoms with Crippen LogP contribution in [0.15, 0.2) is 67.3 Å². The average Bonchev–Trinajstić information content (AvgIpc) is 3.48. The third-order valence-electron chi connectivity index (χ3n) is 5.44. The molecule has 0 bridgehead atoms. The van der Waals surface area contributed by atoms with E-state index in [1.807, 2.05) is 51.9 Å². The summed E-state index contributed by atoms with van der Waals surface area (Å²) in [6.45, 7) is 1.21. The van der Waals surface area contributed by atoms with Crippen LogP contribution in [0.5, 0.6) is 0 Å². The van der Waals surface area contributed by atoms with E-state index < -0.39 is 0 Å². The van der Waals surface area contributed by atoms with Crippen molar-refractivity contribution in [3.05, 3.63) is 78.4 Å². The molecule has 7 heteroatoms. The van der Waals surface area contributed by atoms with Crippen LogP contribution < -0.4 is 5.32 Å². The smallest absolute Gasteiger partial charge is 0.255 e. The van der Waals surface area contributed by atoms with Crippen molar-refractivity contribution in [1.29, 1.82) is 0 Å². The standard InChI is InChI=1S/C23H23N5O2/c29-23(19-7-4-12-27-13-11-24-22(19)27)25-16-17-5-3-6-18(15-17)20-9-10-26-28(20)21-8-1-2-14-30-21/h3-7,9-13,15,21H,1-2,8,14,16H2,(H,25,29)/t21-/m1/s1. The highest BCUT2D eigenvalue weighted by Gasteiger charge is 2.19. The Kier molecular flexibility index (Phi) is 5.03. The van der Waals surface area contributed by atoms with Crippen LogP contribution in [0.25, 0.3) is 16.9 Å². The average molecular weight is 401 g/mol. The summed E-state index contributed by atoms with van der Waals surface area (Å²) in [6.07, 6.45) is 10.4. The summed E-state index contributed by atoms with van der Waals surface area (Å²) in [5.41, 5.74) is 4.32. The van der Waals surface area contributed by atoms with Gasteiger partial charge < -0.3 is 14.5 Å². The number of nitrogens with one attached hydrogen (secondary N) is 1. The third-order valence-corrected chi connectivity index (χ3v) is 5.44. The first-order valence-electron chi connectivity index (χ1n) is 10.2. The number of hydrogen-bond acceptors (Lipinski definition) is 4. The molecule has 1 aliphatic rings. The van der Waals surface area contributed by atoms with Gasteiger partial charge in [-0.1, -0.05) is 18.2 Å². The fourth-order valence-electron chi connectivity index (χ4n) is 3.93. The Morgan fingerprint density at radius 2 is 2.10 bits per heavy atom. The second-order valence-corrected chi connectivity index (χ2v) is 7.45. The van der Waals surface area contributed by atoms with Crippen LogP contribution in [-0.4, -0.2) is 31.7 Å². The van der Waals surface area contributed by atoms with Crippen molar-refractivity contribution >= 4 is 11.6 Å². The Hall–Kier alpha value is -3.45. The second-order valence-electron chi connectivity index (χ2n) is 7.45. The van der Waals surface area contributed by atoms with Crippen LogP contribution in [-0.2, 0) is 11.3 Å². The number of amides is 1. The summed E-state index contributed by atoms with van der Waals surface area (Å²) in [4.78, 5) is 17.0. The van der Waals surface area contributed by atoms with Crippen LogP contribution in [0.1, 0.15) is 41.4 Å². The fourth-order valence-corrected chi connectivity index (χ4v) is 3.93. The maximum Gasteiger partial charge on any atom is 0.255 e. The van der Waals surface area contributed by atoms with Crippen LogP contribution in [0.2, 0.25) is 0 Å². The molecule has 1 atom stereocenters. The molecule has 0 aliphatic carbocycles. The Balaban J connectivity index is 1.33. The minimum Gasteiger partial charge on any atom is -0.356 e. The number of carbonyl (C=O) groups is 1. The van der Waals surface area contributed by atoms with Crippen molar-refractivity contribution in [2.45, 2.75) is 32.0 Å². The van der Waals surface area contributed by atoms with E-state index in [9.17, 15) is 4.79 Å². The zero-order valence-electron chi connectivity index (χ0n) is 16.6. The highest BCUT2D eigenvalue weighted by Crippen LogP contribution is 2.28. The van der Waals surface area contributed by atoms with Crippen molar-refractivity contribution in [3.63, 3.8) is 0 Å². The topological polar surface area (TPSA) is 73.5 Å². The molecule has 0 spiro atoms. The minimum absolute atomic E-state index is 0.0119. The number of imidazole rings is 1. The molecule has 7 nitrogen and oxygen atoms in total. The summed E-state index contributed by atoms with van der Waals surface area (Å²) in [5.74, 6) is -0.141. The SMILES string of the molecule is O=C(NCc1cccc(-c2ccnn2[C@H]2CCCCO2)c1)c1cccn2ccnc12. The first kappa shape index (κ1) is 18.6. The number of ether oxygens (including phenoxy) is 1. The molecular formula is C23H23N5O2. The number of benzene rings is 1. The molecule has 0 unspecified atom stereocenters. The van der Waals surface area contributed by atoms with E-state index >= 15 is 0 Å². The molecule has 4 heterocycles. The van der Waals surface area contributed by atoms with Gasteiger partial charge >= 0.3 is 0 Å². The Morgan fingerprint density at radius 3 is 3.00 bits per heavy atom. The van der Waals surface area contributed by atoms with Gasteiger partial charge in [-0.25, -0.2) is 9.67 Å². The molecule has 0 saturated carbocycles. The van der Waals surface area contributed by atoms with Crippen LogP contribution >= 0.6 is 0 Å². The Bertz CT molecular complexity index is 1170. The molecule has 1 saturated heterocycles. The molecule has 1 aliphatic heterocycles. The van der Waals surface area contributed by atoms with E-state index in [0.717, 1.165) is 42.7 Å². The molecule has 0 radical (unpaired) electrons. The summed E-state index contributed by atoms with van der Waals surface area (Å²) in [6, 6.07) is 13.8. The monoisotopic (exact) mass is 401 g/mol. The van der Waals surface area contributed by atoms with Gasteiger partial charge in [0.1, 0.15) is 5.65 Å². The van der Waals surface area contributed by atoms with Crippen molar-refractivity contribution in [2.24, 2.45) is 0 Å². The van der Waals surface area contributed by atoms with Crippen LogP contribution in [0, 0.1) is 0 Å². The largest absolute Gasteiger partial charge is 0.356 e. The highest BCUT2D eigenvalue weighted by atomic mass is 16.5. The Labute approximate surface area is 174 Å². The lowest BCUT2D eigenvalue weighted by atomic mass is 10.1. The number of nitrogens with zero attached hydrogens (tertiary/aromatic N) is 4.